The lowest BCUT2D eigenvalue weighted by Gasteiger charge is -2.39. The molecule has 0 heterocycles. The highest BCUT2D eigenvalue weighted by atomic mass is 28.3. The van der Waals surface area contributed by atoms with E-state index in [1.54, 1.807) is 0 Å². The van der Waals surface area contributed by atoms with Crippen LogP contribution in [-0.2, 0) is 0 Å². The van der Waals surface area contributed by atoms with Gasteiger partial charge in [-0.15, -0.1) is 0 Å². The van der Waals surface area contributed by atoms with Crippen molar-refractivity contribution in [1.29, 1.82) is 0 Å². The van der Waals surface area contributed by atoms with Crippen molar-refractivity contribution in [2.45, 2.75) is 59.5 Å². The highest BCUT2D eigenvalue weighted by Crippen LogP contribution is 2.22. The second-order valence-electron chi connectivity index (χ2n) is 4.30. The summed E-state index contributed by atoms with van der Waals surface area (Å²) in [5, 5.41) is 0. The molecule has 0 radical (unpaired) electrons. The average molecular weight is 227 g/mol. The predicted molar refractivity (Wildman–Crippen MR) is 73.7 cm³/mol. The van der Waals surface area contributed by atoms with Crippen LogP contribution in [0.2, 0.25) is 12.1 Å². The first-order valence-electron chi connectivity index (χ1n) is 6.59. The number of hydrogen-bond acceptors (Lipinski definition) is 1. The van der Waals surface area contributed by atoms with Gasteiger partial charge in [0.15, 0.2) is 8.24 Å². The third-order valence-corrected chi connectivity index (χ3v) is 8.43. The molecule has 0 aliphatic rings. The Morgan fingerprint density at radius 3 is 1.67 bits per heavy atom. The Labute approximate surface area is 97.6 Å². The van der Waals surface area contributed by atoms with Crippen molar-refractivity contribution in [1.82, 2.24) is 4.57 Å². The van der Waals surface area contributed by atoms with Gasteiger partial charge in [-0.2, -0.15) is 0 Å². The van der Waals surface area contributed by atoms with Gasteiger partial charge >= 0.3 is 0 Å². The second kappa shape index (κ2) is 8.11. The molecule has 0 atom stereocenters. The summed E-state index contributed by atoms with van der Waals surface area (Å²) in [6.07, 6.45) is 4.84. The summed E-state index contributed by atoms with van der Waals surface area (Å²) in [5.74, 6) is 0. The van der Waals surface area contributed by atoms with Crippen molar-refractivity contribution in [3.8, 4) is 0 Å². The lowest BCUT2D eigenvalue weighted by molar-refractivity contribution is 0.417. The van der Waals surface area contributed by atoms with Gasteiger partial charge in [-0.05, 0) is 44.9 Å². The number of hydrogen-bond donors (Lipinski definition) is 0. The molecule has 15 heavy (non-hydrogen) atoms. The fourth-order valence-electron chi connectivity index (χ4n) is 2.45. The first-order valence-corrected chi connectivity index (χ1v) is 9.03. The van der Waals surface area contributed by atoms with Gasteiger partial charge in [0.1, 0.15) is 0 Å². The standard InChI is InChI=1S/C13H29NSi/c1-6-11-14(12-7-2)15(9-4,10-5)13-8-3/h8,13H,6-7,9-12H2,1-5H3. The molecule has 0 aromatic heterocycles. The third kappa shape index (κ3) is 4.11. The van der Waals surface area contributed by atoms with Crippen LogP contribution < -0.4 is 0 Å². The van der Waals surface area contributed by atoms with Crippen LogP contribution in [0.4, 0.5) is 0 Å². The van der Waals surface area contributed by atoms with Crippen LogP contribution in [0.25, 0.3) is 0 Å². The monoisotopic (exact) mass is 227 g/mol. The maximum Gasteiger partial charge on any atom is 0.152 e. The SMILES string of the molecule is CC=C[Si](CC)(CC)N(CCC)CCC. The zero-order valence-corrected chi connectivity index (χ0v) is 12.3. The largest absolute Gasteiger partial charge is 0.320 e. The van der Waals surface area contributed by atoms with Gasteiger partial charge in [-0.1, -0.05) is 39.5 Å². The smallest absolute Gasteiger partial charge is 0.152 e. The molecule has 0 spiro atoms. The minimum Gasteiger partial charge on any atom is -0.320 e. The normalized spacial score (nSPS) is 12.9. The van der Waals surface area contributed by atoms with Crippen LogP contribution in [0.5, 0.6) is 0 Å². The highest BCUT2D eigenvalue weighted by molar-refractivity contribution is 6.81. The van der Waals surface area contributed by atoms with Crippen molar-refractivity contribution in [3.63, 3.8) is 0 Å². The van der Waals surface area contributed by atoms with Gasteiger partial charge in [-0.25, -0.2) is 0 Å². The van der Waals surface area contributed by atoms with Crippen molar-refractivity contribution < 1.29 is 0 Å². The molecule has 0 bridgehead atoms. The van der Waals surface area contributed by atoms with Crippen LogP contribution in [0.3, 0.4) is 0 Å². The quantitative estimate of drug-likeness (QED) is 0.562. The van der Waals surface area contributed by atoms with Crippen LogP contribution in [0.15, 0.2) is 11.8 Å². The molecule has 0 saturated heterocycles. The molecular weight excluding hydrogens is 198 g/mol. The summed E-state index contributed by atoms with van der Waals surface area (Å²) >= 11 is 0. The molecule has 0 amide bonds. The van der Waals surface area contributed by atoms with Crippen LogP contribution >= 0.6 is 0 Å². The molecule has 0 fully saturated rings. The fraction of sp³-hybridized carbons (Fsp3) is 0.846. The molecule has 0 unspecified atom stereocenters. The molecule has 2 heteroatoms. The maximum atomic E-state index is 2.80. The van der Waals surface area contributed by atoms with Gasteiger partial charge in [0.05, 0.1) is 0 Å². The summed E-state index contributed by atoms with van der Waals surface area (Å²) in [6.45, 7) is 14.1. The minimum atomic E-state index is -1.26. The summed E-state index contributed by atoms with van der Waals surface area (Å²) in [5.41, 5.74) is 2.54. The minimum absolute atomic E-state index is 1.26. The van der Waals surface area contributed by atoms with Crippen molar-refractivity contribution >= 4 is 8.24 Å². The fourth-order valence-corrected chi connectivity index (χ4v) is 6.48. The molecule has 0 rings (SSSR count). The summed E-state index contributed by atoms with van der Waals surface area (Å²) in [7, 11) is -1.26. The van der Waals surface area contributed by atoms with Crippen LogP contribution in [0, 0.1) is 0 Å². The summed E-state index contributed by atoms with van der Waals surface area (Å²) in [4.78, 5) is 0. The third-order valence-electron chi connectivity index (χ3n) is 3.32. The van der Waals surface area contributed by atoms with E-state index in [2.05, 4.69) is 51.0 Å². The van der Waals surface area contributed by atoms with Gasteiger partial charge in [0.2, 0.25) is 0 Å². The highest BCUT2D eigenvalue weighted by Gasteiger charge is 2.32. The maximum absolute atomic E-state index is 2.80. The van der Waals surface area contributed by atoms with Crippen molar-refractivity contribution in [3.05, 3.63) is 11.8 Å². The van der Waals surface area contributed by atoms with E-state index in [1.807, 2.05) is 0 Å². The zero-order valence-electron chi connectivity index (χ0n) is 11.3. The number of nitrogens with zero attached hydrogens (tertiary/aromatic N) is 1. The Morgan fingerprint density at radius 1 is 0.933 bits per heavy atom. The lowest BCUT2D eigenvalue weighted by Crippen LogP contribution is -2.52. The van der Waals surface area contributed by atoms with E-state index < -0.39 is 8.24 Å². The van der Waals surface area contributed by atoms with E-state index >= 15 is 0 Å². The second-order valence-corrected chi connectivity index (χ2v) is 8.88. The lowest BCUT2D eigenvalue weighted by atomic mass is 10.4. The zero-order chi connectivity index (χ0) is 11.7. The van der Waals surface area contributed by atoms with E-state index in [0.29, 0.717) is 0 Å². The molecule has 0 aliphatic heterocycles. The van der Waals surface area contributed by atoms with Gasteiger partial charge < -0.3 is 4.57 Å². The van der Waals surface area contributed by atoms with Gasteiger partial charge in [-0.3, -0.25) is 0 Å². The predicted octanol–water partition coefficient (Wildman–Crippen LogP) is 4.21. The molecule has 0 saturated carbocycles. The molecule has 90 valence electrons. The topological polar surface area (TPSA) is 3.24 Å². The Balaban J connectivity index is 4.78. The summed E-state index contributed by atoms with van der Waals surface area (Å²) < 4.78 is 2.80. The van der Waals surface area contributed by atoms with E-state index in [-0.39, 0.29) is 0 Å². The molecule has 0 aliphatic carbocycles. The first-order chi connectivity index (χ1) is 7.20. The average Bonchev–Trinajstić information content (AvgIpc) is 2.26. The Kier molecular flexibility index (Phi) is 8.07. The molecule has 0 aromatic carbocycles. The van der Waals surface area contributed by atoms with Crippen LogP contribution in [-0.4, -0.2) is 25.9 Å². The van der Waals surface area contributed by atoms with Crippen LogP contribution in [0.1, 0.15) is 47.5 Å². The summed E-state index contributed by atoms with van der Waals surface area (Å²) in [6, 6.07) is 2.71. The number of rotatable bonds is 8. The Hall–Kier alpha value is -0.0831. The molecule has 0 aromatic rings. The molecule has 1 nitrogen and oxygen atoms in total. The Bertz CT molecular complexity index is 167. The first kappa shape index (κ1) is 14.9. The molecule has 0 N–H and O–H groups in total. The van der Waals surface area contributed by atoms with Crippen molar-refractivity contribution in [2.24, 2.45) is 0 Å². The van der Waals surface area contributed by atoms with E-state index in [4.69, 9.17) is 0 Å². The van der Waals surface area contributed by atoms with E-state index in [0.717, 1.165) is 0 Å². The van der Waals surface area contributed by atoms with Gasteiger partial charge in [0, 0.05) is 0 Å². The Morgan fingerprint density at radius 2 is 1.40 bits per heavy atom. The molecular formula is C13H29NSi. The van der Waals surface area contributed by atoms with E-state index in [9.17, 15) is 0 Å². The van der Waals surface area contributed by atoms with Gasteiger partial charge in [0.25, 0.3) is 0 Å². The van der Waals surface area contributed by atoms with E-state index in [1.165, 1.54) is 38.0 Å². The van der Waals surface area contributed by atoms with Crippen molar-refractivity contribution in [2.75, 3.05) is 13.1 Å². The number of allylic oxidation sites excluding steroid dienone is 1.